The number of carbonyl (C=O) groups is 1. The quantitative estimate of drug-likeness (QED) is 0.507. The van der Waals surface area contributed by atoms with Gasteiger partial charge in [0.2, 0.25) is 0 Å². The van der Waals surface area contributed by atoms with Crippen molar-refractivity contribution in [3.63, 3.8) is 0 Å². The molecule has 0 spiro atoms. The van der Waals surface area contributed by atoms with E-state index in [-0.39, 0.29) is 12.1 Å². The summed E-state index contributed by atoms with van der Waals surface area (Å²) in [6.07, 6.45) is -0.305. The van der Waals surface area contributed by atoms with Gasteiger partial charge in [0.15, 0.2) is 0 Å². The second kappa shape index (κ2) is 9.33. The molecule has 3 aromatic carbocycles. The number of methoxy groups -OCH3 is 1. The molecule has 0 aliphatic carbocycles. The fraction of sp³-hybridized carbons (Fsp3) is 0.200. The van der Waals surface area contributed by atoms with Crippen LogP contribution in [0.2, 0.25) is 5.02 Å². The standard InChI is InChI=1S/C25H24ClN3O2/c1-18(20-8-12-22(26)13-9-20)27-29-24(30)17-28(16-19-6-4-3-5-7-19)25(29)21-10-14-23(31-2)15-11-21/h3-15,25H,16-17H2,1-2H3/b27-18-/t25-/m1/s1. The molecule has 1 aliphatic rings. The summed E-state index contributed by atoms with van der Waals surface area (Å²) in [5.41, 5.74) is 3.81. The maximum Gasteiger partial charge on any atom is 0.258 e. The van der Waals surface area contributed by atoms with Crippen molar-refractivity contribution in [3.05, 3.63) is 101 Å². The Morgan fingerprint density at radius 2 is 1.71 bits per heavy atom. The average molecular weight is 434 g/mol. The Kier molecular flexibility index (Phi) is 6.35. The van der Waals surface area contributed by atoms with Gasteiger partial charge in [0, 0.05) is 11.6 Å². The Morgan fingerprint density at radius 1 is 1.03 bits per heavy atom. The van der Waals surface area contributed by atoms with Crippen molar-refractivity contribution in [1.82, 2.24) is 9.91 Å². The van der Waals surface area contributed by atoms with Gasteiger partial charge in [-0.2, -0.15) is 5.10 Å². The lowest BCUT2D eigenvalue weighted by atomic mass is 10.1. The van der Waals surface area contributed by atoms with Crippen LogP contribution < -0.4 is 4.74 Å². The van der Waals surface area contributed by atoms with Crippen molar-refractivity contribution in [2.24, 2.45) is 5.10 Å². The van der Waals surface area contributed by atoms with Crippen molar-refractivity contribution in [2.75, 3.05) is 13.7 Å². The van der Waals surface area contributed by atoms with E-state index in [1.165, 1.54) is 0 Å². The third-order valence-electron chi connectivity index (χ3n) is 5.33. The van der Waals surface area contributed by atoms with Crippen LogP contribution in [-0.2, 0) is 11.3 Å². The summed E-state index contributed by atoms with van der Waals surface area (Å²) in [7, 11) is 1.64. The van der Waals surface area contributed by atoms with Gasteiger partial charge in [-0.1, -0.05) is 66.2 Å². The number of benzene rings is 3. The Morgan fingerprint density at radius 3 is 2.35 bits per heavy atom. The van der Waals surface area contributed by atoms with Crippen LogP contribution in [0.4, 0.5) is 0 Å². The van der Waals surface area contributed by atoms with E-state index >= 15 is 0 Å². The second-order valence-electron chi connectivity index (χ2n) is 7.47. The summed E-state index contributed by atoms with van der Waals surface area (Å²) in [6, 6.07) is 25.4. The molecule has 0 saturated carbocycles. The normalized spacial score (nSPS) is 17.3. The Labute approximate surface area is 187 Å². The highest BCUT2D eigenvalue weighted by molar-refractivity contribution is 6.30. The Bertz CT molecular complexity index is 1070. The molecule has 6 heteroatoms. The number of carbonyl (C=O) groups excluding carboxylic acids is 1. The van der Waals surface area contributed by atoms with Gasteiger partial charge >= 0.3 is 0 Å². The number of amides is 1. The van der Waals surface area contributed by atoms with Gasteiger partial charge in [-0.25, -0.2) is 5.01 Å². The first-order valence-electron chi connectivity index (χ1n) is 10.1. The molecular formula is C25H24ClN3O2. The first-order chi connectivity index (χ1) is 15.0. The highest BCUT2D eigenvalue weighted by Crippen LogP contribution is 2.33. The lowest BCUT2D eigenvalue weighted by molar-refractivity contribution is -0.128. The van der Waals surface area contributed by atoms with E-state index in [4.69, 9.17) is 21.4 Å². The predicted octanol–water partition coefficient (Wildman–Crippen LogP) is 5.12. The van der Waals surface area contributed by atoms with E-state index in [0.29, 0.717) is 18.1 Å². The van der Waals surface area contributed by atoms with Gasteiger partial charge in [0.1, 0.15) is 11.9 Å². The largest absolute Gasteiger partial charge is 0.497 e. The van der Waals surface area contributed by atoms with Crippen molar-refractivity contribution in [1.29, 1.82) is 0 Å². The molecule has 0 bridgehead atoms. The molecule has 1 heterocycles. The van der Waals surface area contributed by atoms with Gasteiger partial charge in [-0.3, -0.25) is 9.69 Å². The molecule has 0 N–H and O–H groups in total. The van der Waals surface area contributed by atoms with E-state index in [0.717, 1.165) is 28.2 Å². The second-order valence-corrected chi connectivity index (χ2v) is 7.90. The van der Waals surface area contributed by atoms with Crippen molar-refractivity contribution >= 4 is 23.2 Å². The van der Waals surface area contributed by atoms with Crippen LogP contribution in [0.15, 0.2) is 84.0 Å². The molecule has 3 aromatic rings. The molecule has 0 aromatic heterocycles. The molecule has 1 amide bonds. The van der Waals surface area contributed by atoms with Crippen LogP contribution in [0.3, 0.4) is 0 Å². The fourth-order valence-electron chi connectivity index (χ4n) is 3.73. The van der Waals surface area contributed by atoms with E-state index in [1.807, 2.05) is 73.7 Å². The zero-order valence-electron chi connectivity index (χ0n) is 17.5. The number of hydrazone groups is 1. The first-order valence-corrected chi connectivity index (χ1v) is 10.5. The number of halogens is 1. The minimum atomic E-state index is -0.305. The summed E-state index contributed by atoms with van der Waals surface area (Å²) in [6.45, 7) is 2.85. The minimum Gasteiger partial charge on any atom is -0.497 e. The highest BCUT2D eigenvalue weighted by Gasteiger charge is 2.39. The molecule has 0 unspecified atom stereocenters. The lowest BCUT2D eigenvalue weighted by Crippen LogP contribution is -2.29. The number of hydrogen-bond donors (Lipinski definition) is 0. The maximum atomic E-state index is 13.0. The van der Waals surface area contributed by atoms with Crippen LogP contribution in [0.1, 0.15) is 29.8 Å². The number of ether oxygens (including phenoxy) is 1. The van der Waals surface area contributed by atoms with Crippen LogP contribution in [-0.4, -0.2) is 35.2 Å². The molecule has 31 heavy (non-hydrogen) atoms. The topological polar surface area (TPSA) is 45.1 Å². The van der Waals surface area contributed by atoms with Gasteiger partial charge < -0.3 is 4.74 Å². The molecule has 158 valence electrons. The fourth-order valence-corrected chi connectivity index (χ4v) is 3.86. The molecule has 1 atom stereocenters. The maximum absolute atomic E-state index is 13.0. The van der Waals surface area contributed by atoms with E-state index in [9.17, 15) is 4.79 Å². The van der Waals surface area contributed by atoms with E-state index in [1.54, 1.807) is 12.1 Å². The van der Waals surface area contributed by atoms with Gasteiger partial charge in [0.25, 0.3) is 5.91 Å². The summed E-state index contributed by atoms with van der Waals surface area (Å²) in [5.74, 6) is 0.736. The zero-order valence-corrected chi connectivity index (χ0v) is 18.3. The van der Waals surface area contributed by atoms with E-state index < -0.39 is 0 Å². The summed E-state index contributed by atoms with van der Waals surface area (Å²) in [4.78, 5) is 15.2. The Balaban J connectivity index is 1.69. The lowest BCUT2D eigenvalue weighted by Gasteiger charge is -2.28. The Hall–Kier alpha value is -3.15. The molecule has 4 rings (SSSR count). The van der Waals surface area contributed by atoms with Crippen LogP contribution in [0.5, 0.6) is 5.75 Å². The smallest absolute Gasteiger partial charge is 0.258 e. The molecule has 0 radical (unpaired) electrons. The average Bonchev–Trinajstić information content (AvgIpc) is 3.09. The van der Waals surface area contributed by atoms with Crippen LogP contribution in [0, 0.1) is 0 Å². The SMILES string of the molecule is COc1ccc([C@@H]2N(Cc3ccccc3)CC(=O)N2/N=C(/C)c2ccc(Cl)cc2)cc1. The molecule has 1 fully saturated rings. The summed E-state index contributed by atoms with van der Waals surface area (Å²) >= 11 is 6.01. The monoisotopic (exact) mass is 433 g/mol. The number of hydrogen-bond acceptors (Lipinski definition) is 4. The summed E-state index contributed by atoms with van der Waals surface area (Å²) in [5, 5.41) is 6.99. The van der Waals surface area contributed by atoms with Gasteiger partial charge in [-0.15, -0.1) is 0 Å². The summed E-state index contributed by atoms with van der Waals surface area (Å²) < 4.78 is 5.30. The molecule has 1 saturated heterocycles. The number of nitrogens with zero attached hydrogens (tertiary/aromatic N) is 3. The van der Waals surface area contributed by atoms with Crippen LogP contribution >= 0.6 is 11.6 Å². The minimum absolute atomic E-state index is 0.0370. The predicted molar refractivity (Wildman–Crippen MR) is 123 cm³/mol. The number of rotatable bonds is 6. The van der Waals surface area contributed by atoms with Gasteiger partial charge in [0.05, 0.1) is 19.4 Å². The van der Waals surface area contributed by atoms with Crippen LogP contribution in [0.25, 0.3) is 0 Å². The molecule has 5 nitrogen and oxygen atoms in total. The van der Waals surface area contributed by atoms with Crippen molar-refractivity contribution in [3.8, 4) is 5.75 Å². The zero-order chi connectivity index (χ0) is 21.8. The van der Waals surface area contributed by atoms with Crippen molar-refractivity contribution in [2.45, 2.75) is 19.6 Å². The third kappa shape index (κ3) is 4.79. The third-order valence-corrected chi connectivity index (χ3v) is 5.59. The highest BCUT2D eigenvalue weighted by atomic mass is 35.5. The first kappa shape index (κ1) is 21.1. The molecular weight excluding hydrogens is 410 g/mol. The van der Waals surface area contributed by atoms with Crippen molar-refractivity contribution < 1.29 is 9.53 Å². The van der Waals surface area contributed by atoms with E-state index in [2.05, 4.69) is 17.0 Å². The van der Waals surface area contributed by atoms with Gasteiger partial charge in [-0.05, 0) is 47.9 Å². The molecule has 1 aliphatic heterocycles.